The van der Waals surface area contributed by atoms with Gasteiger partial charge >= 0.3 is 0 Å². The first-order valence-corrected chi connectivity index (χ1v) is 11.2. The summed E-state index contributed by atoms with van der Waals surface area (Å²) in [4.78, 5) is 4.80. The molecule has 0 atom stereocenters. The lowest BCUT2D eigenvalue weighted by atomic mass is 9.96. The fraction of sp³-hybridized carbons (Fsp3) is 0.400. The molecule has 0 aliphatic heterocycles. The lowest BCUT2D eigenvalue weighted by Gasteiger charge is -2.19. The van der Waals surface area contributed by atoms with Crippen molar-refractivity contribution in [3.8, 4) is 5.75 Å². The van der Waals surface area contributed by atoms with Gasteiger partial charge in [-0.2, -0.15) is 0 Å². The number of hydrogen-bond acceptors (Lipinski definition) is 4. The van der Waals surface area contributed by atoms with Crippen LogP contribution in [0.3, 0.4) is 0 Å². The van der Waals surface area contributed by atoms with Crippen LogP contribution in [0.5, 0.6) is 5.75 Å². The van der Waals surface area contributed by atoms with Gasteiger partial charge in [0.2, 0.25) is 0 Å². The molecule has 1 aromatic heterocycles. The molecule has 7 nitrogen and oxygen atoms in total. The van der Waals surface area contributed by atoms with E-state index in [0.717, 1.165) is 42.9 Å². The Labute approximate surface area is 189 Å². The molecule has 1 saturated carbocycles. The number of guanidine groups is 1. The molecule has 0 bridgehead atoms. The highest BCUT2D eigenvalue weighted by Gasteiger charge is 2.44. The Morgan fingerprint density at radius 2 is 1.81 bits per heavy atom. The minimum absolute atomic E-state index is 0.209. The zero-order valence-electron chi connectivity index (χ0n) is 19.1. The van der Waals surface area contributed by atoms with Crippen LogP contribution in [0.1, 0.15) is 35.6 Å². The van der Waals surface area contributed by atoms with Gasteiger partial charge in [-0.15, -0.1) is 10.2 Å². The van der Waals surface area contributed by atoms with Crippen molar-refractivity contribution in [3.05, 3.63) is 77.4 Å². The molecule has 1 aliphatic carbocycles. The third-order valence-corrected chi connectivity index (χ3v) is 6.26. The summed E-state index contributed by atoms with van der Waals surface area (Å²) in [6, 6.07) is 19.0. The van der Waals surface area contributed by atoms with E-state index in [0.29, 0.717) is 6.54 Å². The minimum atomic E-state index is 0.209. The Hall–Kier alpha value is -3.35. The molecule has 1 heterocycles. The molecule has 0 saturated heterocycles. The van der Waals surface area contributed by atoms with Crippen LogP contribution in [0.15, 0.2) is 59.6 Å². The van der Waals surface area contributed by atoms with Crippen LogP contribution in [-0.4, -0.2) is 40.9 Å². The number of benzene rings is 2. The molecule has 3 aromatic rings. The van der Waals surface area contributed by atoms with Gasteiger partial charge in [-0.3, -0.25) is 0 Å². The molecule has 7 heteroatoms. The highest BCUT2D eigenvalue weighted by molar-refractivity contribution is 5.80. The van der Waals surface area contributed by atoms with Gasteiger partial charge in [0.05, 0.1) is 7.11 Å². The van der Waals surface area contributed by atoms with Gasteiger partial charge in [-0.05, 0) is 49.4 Å². The van der Waals surface area contributed by atoms with Crippen molar-refractivity contribution in [1.29, 1.82) is 0 Å². The fourth-order valence-corrected chi connectivity index (χ4v) is 3.79. The highest BCUT2D eigenvalue weighted by atomic mass is 16.5. The molecule has 168 valence electrons. The van der Waals surface area contributed by atoms with Gasteiger partial charge in [0.15, 0.2) is 11.8 Å². The van der Waals surface area contributed by atoms with Crippen molar-refractivity contribution < 1.29 is 4.74 Å². The van der Waals surface area contributed by atoms with Crippen molar-refractivity contribution >= 4 is 5.96 Å². The Balaban J connectivity index is 1.40. The van der Waals surface area contributed by atoms with Gasteiger partial charge in [-0.25, -0.2) is 4.99 Å². The molecule has 4 rings (SSSR count). The van der Waals surface area contributed by atoms with Crippen LogP contribution in [0.4, 0.5) is 0 Å². The van der Waals surface area contributed by atoms with Crippen LogP contribution in [0.2, 0.25) is 0 Å². The summed E-state index contributed by atoms with van der Waals surface area (Å²) in [6.45, 7) is 4.08. The quantitative estimate of drug-likeness (QED) is 0.401. The summed E-state index contributed by atoms with van der Waals surface area (Å²) in [5, 5.41) is 15.5. The predicted molar refractivity (Wildman–Crippen MR) is 127 cm³/mol. The second-order valence-corrected chi connectivity index (χ2v) is 8.41. The average Bonchev–Trinajstić information content (AvgIpc) is 3.57. The highest BCUT2D eigenvalue weighted by Crippen LogP contribution is 2.47. The molecule has 0 spiro atoms. The van der Waals surface area contributed by atoms with E-state index in [1.807, 2.05) is 30.7 Å². The van der Waals surface area contributed by atoms with E-state index in [2.05, 4.69) is 63.3 Å². The number of rotatable bonds is 9. The SMILES string of the molecule is COc1ccc(CCNC(=NCc2nnc(C)n2C)NCC2(c3ccccc3)CC2)cc1. The lowest BCUT2D eigenvalue weighted by molar-refractivity contribution is 0.414. The van der Waals surface area contributed by atoms with Crippen LogP contribution in [0.25, 0.3) is 0 Å². The lowest BCUT2D eigenvalue weighted by Crippen LogP contribution is -2.42. The summed E-state index contributed by atoms with van der Waals surface area (Å²) >= 11 is 0. The van der Waals surface area contributed by atoms with E-state index in [9.17, 15) is 0 Å². The topological polar surface area (TPSA) is 76.4 Å². The predicted octanol–water partition coefficient (Wildman–Crippen LogP) is 3.14. The summed E-state index contributed by atoms with van der Waals surface area (Å²) in [7, 11) is 3.66. The third kappa shape index (κ3) is 5.28. The van der Waals surface area contributed by atoms with Gasteiger partial charge in [0, 0.05) is 25.6 Å². The Morgan fingerprint density at radius 1 is 1.06 bits per heavy atom. The molecule has 32 heavy (non-hydrogen) atoms. The zero-order valence-corrected chi connectivity index (χ0v) is 19.1. The number of aromatic nitrogens is 3. The Morgan fingerprint density at radius 3 is 2.44 bits per heavy atom. The number of nitrogens with one attached hydrogen (secondary N) is 2. The van der Waals surface area contributed by atoms with E-state index in [1.165, 1.54) is 24.0 Å². The first-order valence-electron chi connectivity index (χ1n) is 11.2. The molecule has 2 N–H and O–H groups in total. The van der Waals surface area contributed by atoms with Crippen molar-refractivity contribution in [2.75, 3.05) is 20.2 Å². The second-order valence-electron chi connectivity index (χ2n) is 8.41. The van der Waals surface area contributed by atoms with Gasteiger partial charge < -0.3 is 19.9 Å². The molecular formula is C25H32N6O. The summed E-state index contributed by atoms with van der Waals surface area (Å²) < 4.78 is 7.22. The van der Waals surface area contributed by atoms with E-state index in [4.69, 9.17) is 9.73 Å². The largest absolute Gasteiger partial charge is 0.497 e. The second kappa shape index (κ2) is 9.85. The smallest absolute Gasteiger partial charge is 0.191 e. The van der Waals surface area contributed by atoms with E-state index in [-0.39, 0.29) is 5.41 Å². The molecule has 2 aromatic carbocycles. The number of hydrogen-bond donors (Lipinski definition) is 2. The fourth-order valence-electron chi connectivity index (χ4n) is 3.79. The summed E-state index contributed by atoms with van der Waals surface area (Å²) in [5.74, 6) is 3.42. The molecule has 0 amide bonds. The van der Waals surface area contributed by atoms with E-state index >= 15 is 0 Å². The van der Waals surface area contributed by atoms with Gasteiger partial charge in [0.25, 0.3) is 0 Å². The average molecular weight is 433 g/mol. The Bertz CT molecular complexity index is 1040. The van der Waals surface area contributed by atoms with Crippen molar-refractivity contribution in [3.63, 3.8) is 0 Å². The third-order valence-electron chi connectivity index (χ3n) is 6.26. The van der Waals surface area contributed by atoms with Crippen LogP contribution in [0, 0.1) is 6.92 Å². The van der Waals surface area contributed by atoms with E-state index < -0.39 is 0 Å². The maximum absolute atomic E-state index is 5.25. The number of nitrogens with zero attached hydrogens (tertiary/aromatic N) is 4. The summed E-state index contributed by atoms with van der Waals surface area (Å²) in [6.07, 6.45) is 3.30. The number of aryl methyl sites for hydroxylation is 1. The number of methoxy groups -OCH3 is 1. The normalized spacial score (nSPS) is 14.8. The molecule has 1 aliphatic rings. The van der Waals surface area contributed by atoms with Crippen molar-refractivity contribution in [2.45, 2.75) is 38.1 Å². The molecule has 0 radical (unpaired) electrons. The van der Waals surface area contributed by atoms with Crippen LogP contribution >= 0.6 is 0 Å². The van der Waals surface area contributed by atoms with Crippen molar-refractivity contribution in [1.82, 2.24) is 25.4 Å². The van der Waals surface area contributed by atoms with E-state index in [1.54, 1.807) is 7.11 Å². The zero-order chi connectivity index (χ0) is 22.4. The first kappa shape index (κ1) is 21.9. The molecule has 0 unspecified atom stereocenters. The minimum Gasteiger partial charge on any atom is -0.497 e. The monoisotopic (exact) mass is 432 g/mol. The number of ether oxygens (including phenoxy) is 1. The maximum Gasteiger partial charge on any atom is 0.191 e. The first-order chi connectivity index (χ1) is 15.6. The summed E-state index contributed by atoms with van der Waals surface area (Å²) in [5.41, 5.74) is 2.86. The van der Waals surface area contributed by atoms with Crippen molar-refractivity contribution in [2.24, 2.45) is 12.0 Å². The Kier molecular flexibility index (Phi) is 6.73. The maximum atomic E-state index is 5.25. The standard InChI is InChI=1S/C25H32N6O/c1-19-29-30-23(31(19)2)17-27-24(26-16-13-20-9-11-22(32-3)12-10-20)28-18-25(14-15-25)21-7-5-4-6-8-21/h4-12H,13-18H2,1-3H3,(H2,26,27,28). The van der Waals surface area contributed by atoms with Crippen LogP contribution < -0.4 is 15.4 Å². The van der Waals surface area contributed by atoms with Gasteiger partial charge in [0.1, 0.15) is 18.1 Å². The van der Waals surface area contributed by atoms with Gasteiger partial charge in [-0.1, -0.05) is 42.5 Å². The molecular weight excluding hydrogens is 400 g/mol. The molecule has 1 fully saturated rings. The number of aliphatic imine (C=N–C) groups is 1. The van der Waals surface area contributed by atoms with Crippen LogP contribution in [-0.2, 0) is 25.4 Å².